The minimum atomic E-state index is 0.944. The van der Waals surface area contributed by atoms with Gasteiger partial charge in [-0.25, -0.2) is 0 Å². The zero-order valence-electron chi connectivity index (χ0n) is 7.79. The van der Waals surface area contributed by atoms with E-state index in [0.29, 0.717) is 0 Å². The maximum Gasteiger partial charge on any atom is 0.141 e. The van der Waals surface area contributed by atoms with Crippen molar-refractivity contribution in [3.8, 4) is 0 Å². The summed E-state index contributed by atoms with van der Waals surface area (Å²) in [5.41, 5.74) is 3.56. The fourth-order valence-corrected chi connectivity index (χ4v) is 1.93. The van der Waals surface area contributed by atoms with Gasteiger partial charge in [-0.05, 0) is 11.6 Å². The summed E-state index contributed by atoms with van der Waals surface area (Å²) in [6.07, 6.45) is 3.97. The van der Waals surface area contributed by atoms with Crippen molar-refractivity contribution >= 4 is 16.5 Å². The quantitative estimate of drug-likeness (QED) is 0.738. The lowest BCUT2D eigenvalue weighted by atomic mass is 10.0. The monoisotopic (exact) mass is 185 g/mol. The van der Waals surface area contributed by atoms with Crippen molar-refractivity contribution in [2.75, 3.05) is 13.1 Å². The molecule has 2 heterocycles. The number of rotatable bonds is 1. The van der Waals surface area contributed by atoms with Crippen LogP contribution in [0.3, 0.4) is 0 Å². The Labute approximate surface area is 82.2 Å². The second kappa shape index (κ2) is 3.00. The molecule has 1 aromatic carbocycles. The highest BCUT2D eigenvalue weighted by Crippen LogP contribution is 2.26. The number of hydrogen-bond acceptors (Lipinski definition) is 2. The molecule has 0 saturated carbocycles. The Balaban J connectivity index is 2.24. The van der Waals surface area contributed by atoms with E-state index in [-0.39, 0.29) is 0 Å². The van der Waals surface area contributed by atoms with E-state index in [9.17, 15) is 0 Å². The Bertz CT molecular complexity index is 496. The minimum absolute atomic E-state index is 0.944. The predicted octanol–water partition coefficient (Wildman–Crippen LogP) is 2.42. The summed E-state index contributed by atoms with van der Waals surface area (Å²) in [6.45, 7) is 1.91. The van der Waals surface area contributed by atoms with Gasteiger partial charge in [0.15, 0.2) is 0 Å². The van der Waals surface area contributed by atoms with Crippen molar-refractivity contribution in [2.24, 2.45) is 0 Å². The van der Waals surface area contributed by atoms with Crippen molar-refractivity contribution < 1.29 is 4.42 Å². The zero-order chi connectivity index (χ0) is 9.38. The molecule has 2 heteroatoms. The average Bonchev–Trinajstić information content (AvgIpc) is 2.88. The maximum absolute atomic E-state index is 5.49. The summed E-state index contributed by atoms with van der Waals surface area (Å²) >= 11 is 0. The lowest BCUT2D eigenvalue weighted by Gasteiger charge is -2.02. The third-order valence-corrected chi connectivity index (χ3v) is 2.63. The molecule has 0 spiro atoms. The third-order valence-electron chi connectivity index (χ3n) is 2.63. The zero-order valence-corrected chi connectivity index (χ0v) is 7.79. The highest BCUT2D eigenvalue weighted by Gasteiger charge is 2.11. The molecule has 3 rings (SSSR count). The predicted molar refractivity (Wildman–Crippen MR) is 57.1 cm³/mol. The van der Waals surface area contributed by atoms with Crippen LogP contribution in [0.5, 0.6) is 0 Å². The molecule has 0 saturated heterocycles. The number of furan rings is 1. The van der Waals surface area contributed by atoms with Crippen LogP contribution in [0.15, 0.2) is 41.0 Å². The van der Waals surface area contributed by atoms with Gasteiger partial charge < -0.3 is 9.73 Å². The molecular weight excluding hydrogens is 174 g/mol. The molecule has 0 bridgehead atoms. The first-order chi connectivity index (χ1) is 6.95. The lowest BCUT2D eigenvalue weighted by molar-refractivity contribution is 0.614. The van der Waals surface area contributed by atoms with Crippen LogP contribution in [-0.2, 0) is 0 Å². The van der Waals surface area contributed by atoms with E-state index in [2.05, 4.69) is 29.6 Å². The molecule has 0 fully saturated rings. The molecule has 1 N–H and O–H groups in total. The first-order valence-electron chi connectivity index (χ1n) is 4.81. The molecule has 1 aliphatic rings. The molecular formula is C12H11NO. The normalized spacial score (nSPS) is 16.1. The van der Waals surface area contributed by atoms with Gasteiger partial charge in [0.25, 0.3) is 0 Å². The molecule has 0 amide bonds. The Morgan fingerprint density at radius 3 is 3.07 bits per heavy atom. The number of benzene rings is 1. The van der Waals surface area contributed by atoms with Gasteiger partial charge in [-0.15, -0.1) is 0 Å². The first-order valence-corrected chi connectivity index (χ1v) is 4.81. The highest BCUT2D eigenvalue weighted by atomic mass is 16.3. The standard InChI is InChI=1S/C12H11NO/c1-2-9-5-7-14-12(9)11(3-1)10-4-6-13-8-10/h1-5,7,13H,6,8H2. The van der Waals surface area contributed by atoms with Crippen molar-refractivity contribution in [2.45, 2.75) is 0 Å². The van der Waals surface area contributed by atoms with Gasteiger partial charge in [-0.2, -0.15) is 0 Å². The minimum Gasteiger partial charge on any atom is -0.464 e. The van der Waals surface area contributed by atoms with E-state index in [1.165, 1.54) is 16.5 Å². The summed E-state index contributed by atoms with van der Waals surface area (Å²) in [6, 6.07) is 8.27. The maximum atomic E-state index is 5.49. The Morgan fingerprint density at radius 2 is 2.21 bits per heavy atom. The number of fused-ring (bicyclic) bond motifs is 1. The van der Waals surface area contributed by atoms with Gasteiger partial charge in [-0.3, -0.25) is 0 Å². The Morgan fingerprint density at radius 1 is 1.21 bits per heavy atom. The Kier molecular flexibility index (Phi) is 1.67. The van der Waals surface area contributed by atoms with Crippen LogP contribution in [0.2, 0.25) is 0 Å². The number of hydrogen-bond donors (Lipinski definition) is 1. The van der Waals surface area contributed by atoms with Gasteiger partial charge in [0.05, 0.1) is 6.26 Å². The smallest absolute Gasteiger partial charge is 0.141 e. The summed E-state index contributed by atoms with van der Waals surface area (Å²) in [5.74, 6) is 0. The molecule has 14 heavy (non-hydrogen) atoms. The SMILES string of the molecule is C1=C(c2cccc3ccoc23)CNC1. The molecule has 0 radical (unpaired) electrons. The van der Waals surface area contributed by atoms with Gasteiger partial charge in [-0.1, -0.05) is 24.3 Å². The second-order valence-electron chi connectivity index (χ2n) is 3.50. The van der Waals surface area contributed by atoms with Gasteiger partial charge in [0.1, 0.15) is 5.58 Å². The molecule has 2 nitrogen and oxygen atoms in total. The van der Waals surface area contributed by atoms with Crippen LogP contribution in [0.25, 0.3) is 16.5 Å². The van der Waals surface area contributed by atoms with Crippen LogP contribution in [-0.4, -0.2) is 13.1 Å². The van der Waals surface area contributed by atoms with Crippen LogP contribution in [0.1, 0.15) is 5.56 Å². The van der Waals surface area contributed by atoms with Crippen LogP contribution in [0.4, 0.5) is 0 Å². The van der Waals surface area contributed by atoms with E-state index < -0.39 is 0 Å². The van der Waals surface area contributed by atoms with Crippen LogP contribution < -0.4 is 5.32 Å². The fourth-order valence-electron chi connectivity index (χ4n) is 1.93. The summed E-state index contributed by atoms with van der Waals surface area (Å²) in [4.78, 5) is 0. The molecule has 1 aromatic heterocycles. The second-order valence-corrected chi connectivity index (χ2v) is 3.50. The van der Waals surface area contributed by atoms with Gasteiger partial charge in [0, 0.05) is 24.0 Å². The summed E-state index contributed by atoms with van der Waals surface area (Å²) < 4.78 is 5.49. The molecule has 0 atom stereocenters. The topological polar surface area (TPSA) is 25.2 Å². The number of para-hydroxylation sites is 1. The Hall–Kier alpha value is -1.54. The van der Waals surface area contributed by atoms with E-state index in [1.54, 1.807) is 6.26 Å². The van der Waals surface area contributed by atoms with Crippen LogP contribution in [0, 0.1) is 0 Å². The molecule has 0 aliphatic carbocycles. The highest BCUT2D eigenvalue weighted by molar-refractivity contribution is 5.90. The van der Waals surface area contributed by atoms with Crippen molar-refractivity contribution in [3.63, 3.8) is 0 Å². The summed E-state index contributed by atoms with van der Waals surface area (Å²) in [5, 5.41) is 4.47. The van der Waals surface area contributed by atoms with Crippen LogP contribution >= 0.6 is 0 Å². The van der Waals surface area contributed by atoms with Crippen molar-refractivity contribution in [3.05, 3.63) is 42.2 Å². The molecule has 1 aliphatic heterocycles. The van der Waals surface area contributed by atoms with E-state index in [4.69, 9.17) is 4.42 Å². The molecule has 0 unspecified atom stereocenters. The largest absolute Gasteiger partial charge is 0.464 e. The third kappa shape index (κ3) is 1.08. The van der Waals surface area contributed by atoms with Gasteiger partial charge in [0.2, 0.25) is 0 Å². The summed E-state index contributed by atoms with van der Waals surface area (Å²) in [7, 11) is 0. The average molecular weight is 185 g/mol. The molecule has 2 aromatic rings. The number of nitrogens with one attached hydrogen (secondary N) is 1. The van der Waals surface area contributed by atoms with Crippen molar-refractivity contribution in [1.82, 2.24) is 5.32 Å². The van der Waals surface area contributed by atoms with E-state index in [0.717, 1.165) is 18.7 Å². The first kappa shape index (κ1) is 7.83. The van der Waals surface area contributed by atoms with Crippen molar-refractivity contribution in [1.29, 1.82) is 0 Å². The molecule has 70 valence electrons. The van der Waals surface area contributed by atoms with E-state index >= 15 is 0 Å². The van der Waals surface area contributed by atoms with E-state index in [1.807, 2.05) is 6.07 Å². The lowest BCUT2D eigenvalue weighted by Crippen LogP contribution is -2.07. The fraction of sp³-hybridized carbons (Fsp3) is 0.167. The van der Waals surface area contributed by atoms with Gasteiger partial charge >= 0.3 is 0 Å².